The number of aromatic nitrogens is 2. The van der Waals surface area contributed by atoms with Crippen LogP contribution in [0.2, 0.25) is 0 Å². The van der Waals surface area contributed by atoms with Crippen LogP contribution in [0.25, 0.3) is 10.9 Å². The van der Waals surface area contributed by atoms with E-state index in [-0.39, 0.29) is 11.2 Å². The first-order valence-corrected chi connectivity index (χ1v) is 11.2. The molecular weight excluding hydrogens is 430 g/mol. The number of esters is 1. The molecule has 0 aliphatic carbocycles. The smallest absolute Gasteiger partial charge is 0.306 e. The average molecular weight is 456 g/mol. The van der Waals surface area contributed by atoms with E-state index in [1.807, 2.05) is 37.3 Å². The first kappa shape index (κ1) is 22.2. The third kappa shape index (κ3) is 5.05. The van der Waals surface area contributed by atoms with Gasteiger partial charge in [-0.1, -0.05) is 11.8 Å². The summed E-state index contributed by atoms with van der Waals surface area (Å²) in [6.07, 6.45) is 2.02. The first-order valence-electron chi connectivity index (χ1n) is 10.3. The lowest BCUT2D eigenvalue weighted by Gasteiger charge is -2.09. The van der Waals surface area contributed by atoms with Gasteiger partial charge in [-0.05, 0) is 31.2 Å². The van der Waals surface area contributed by atoms with Gasteiger partial charge in [-0.3, -0.25) is 14.8 Å². The monoisotopic (exact) mass is 455 g/mol. The number of methoxy groups -OCH3 is 2. The minimum absolute atomic E-state index is 0.0878. The summed E-state index contributed by atoms with van der Waals surface area (Å²) < 4.78 is 21.7. The normalized spacial score (nSPS) is 15.6. The number of ether oxygens (including phenoxy) is 4. The number of carbonyl (C=O) groups excluding carboxylic acids is 1. The van der Waals surface area contributed by atoms with Crippen molar-refractivity contribution in [1.82, 2.24) is 9.97 Å². The van der Waals surface area contributed by atoms with Crippen molar-refractivity contribution in [2.24, 2.45) is 4.99 Å². The van der Waals surface area contributed by atoms with Crippen LogP contribution in [0.4, 0.5) is 0 Å². The van der Waals surface area contributed by atoms with Crippen LogP contribution in [0.15, 0.2) is 41.5 Å². The molecule has 0 saturated heterocycles. The van der Waals surface area contributed by atoms with E-state index in [9.17, 15) is 4.79 Å². The number of thioether (sulfide) groups is 1. The number of aromatic amines is 1. The van der Waals surface area contributed by atoms with Gasteiger partial charge in [-0.2, -0.15) is 0 Å². The van der Waals surface area contributed by atoms with Crippen molar-refractivity contribution in [2.45, 2.75) is 25.2 Å². The van der Waals surface area contributed by atoms with Gasteiger partial charge < -0.3 is 23.9 Å². The molecule has 168 valence electrons. The van der Waals surface area contributed by atoms with Crippen LogP contribution in [-0.2, 0) is 20.9 Å². The second-order valence-electron chi connectivity index (χ2n) is 7.19. The van der Waals surface area contributed by atoms with Crippen molar-refractivity contribution in [3.63, 3.8) is 0 Å². The van der Waals surface area contributed by atoms with Gasteiger partial charge in [0.25, 0.3) is 0 Å². The Morgan fingerprint density at radius 2 is 2.09 bits per heavy atom. The quantitative estimate of drug-likeness (QED) is 0.480. The van der Waals surface area contributed by atoms with Gasteiger partial charge in [0.05, 0.1) is 56.4 Å². The second kappa shape index (κ2) is 10.1. The zero-order valence-corrected chi connectivity index (χ0v) is 19.0. The number of hydrogen-bond donors (Lipinski definition) is 1. The standard InChI is InChI=1S/C23H25N3O5S/c1-4-30-21(27)10-18-12-25-23(32-18)19-8-14-7-17(9-20(29-3)22(14)26-19)31-16-6-5-15(13-28-2)24-11-16/h5-9,11,18,26H,4,10,12-13H2,1-3H3. The first-order chi connectivity index (χ1) is 15.6. The maximum absolute atomic E-state index is 11.8. The molecule has 8 nitrogen and oxygen atoms in total. The van der Waals surface area contributed by atoms with Gasteiger partial charge in [0.2, 0.25) is 0 Å². The number of aliphatic imine (C=N–C) groups is 1. The van der Waals surface area contributed by atoms with Crippen LogP contribution >= 0.6 is 11.8 Å². The number of nitrogens with one attached hydrogen (secondary N) is 1. The summed E-state index contributed by atoms with van der Waals surface area (Å²) in [5.74, 6) is 1.74. The van der Waals surface area contributed by atoms with Crippen molar-refractivity contribution in [2.75, 3.05) is 27.4 Å². The highest BCUT2D eigenvalue weighted by Crippen LogP contribution is 2.36. The Kier molecular flexibility index (Phi) is 6.96. The van der Waals surface area contributed by atoms with Crippen LogP contribution < -0.4 is 9.47 Å². The Hall–Kier alpha value is -3.04. The summed E-state index contributed by atoms with van der Waals surface area (Å²) in [5.41, 5.74) is 2.58. The van der Waals surface area contributed by atoms with Gasteiger partial charge in [0.15, 0.2) is 0 Å². The predicted octanol–water partition coefficient (Wildman–Crippen LogP) is 4.33. The average Bonchev–Trinajstić information content (AvgIpc) is 3.42. The SMILES string of the molecule is CCOC(=O)CC1CN=C(c2cc3cc(Oc4ccc(COC)nc4)cc(OC)c3[nH]2)S1. The van der Waals surface area contributed by atoms with E-state index < -0.39 is 0 Å². The van der Waals surface area contributed by atoms with Crippen molar-refractivity contribution in [1.29, 1.82) is 0 Å². The minimum atomic E-state index is -0.189. The third-order valence-electron chi connectivity index (χ3n) is 4.86. The van der Waals surface area contributed by atoms with Crippen LogP contribution in [0.5, 0.6) is 17.2 Å². The number of hydrogen-bond acceptors (Lipinski definition) is 8. The van der Waals surface area contributed by atoms with Crippen molar-refractivity contribution < 1.29 is 23.7 Å². The molecule has 3 aromatic rings. The Balaban J connectivity index is 1.52. The lowest BCUT2D eigenvalue weighted by molar-refractivity contribution is -0.143. The summed E-state index contributed by atoms with van der Waals surface area (Å²) in [4.78, 5) is 24.1. The van der Waals surface area contributed by atoms with Crippen molar-refractivity contribution in [3.8, 4) is 17.2 Å². The molecule has 2 aromatic heterocycles. The summed E-state index contributed by atoms with van der Waals surface area (Å²) in [6, 6.07) is 9.51. The number of pyridine rings is 1. The second-order valence-corrected chi connectivity index (χ2v) is 8.48. The van der Waals surface area contributed by atoms with Crippen LogP contribution in [0.3, 0.4) is 0 Å². The van der Waals surface area contributed by atoms with Gasteiger partial charge in [-0.15, -0.1) is 0 Å². The molecule has 9 heteroatoms. The van der Waals surface area contributed by atoms with Gasteiger partial charge in [0.1, 0.15) is 22.3 Å². The lowest BCUT2D eigenvalue weighted by Crippen LogP contribution is -2.14. The number of fused-ring (bicyclic) bond motifs is 1. The molecule has 1 aromatic carbocycles. The third-order valence-corrected chi connectivity index (χ3v) is 6.08. The van der Waals surface area contributed by atoms with E-state index in [2.05, 4.69) is 15.0 Å². The molecule has 0 spiro atoms. The zero-order valence-electron chi connectivity index (χ0n) is 18.2. The molecule has 0 fully saturated rings. The molecule has 1 unspecified atom stereocenters. The van der Waals surface area contributed by atoms with E-state index in [4.69, 9.17) is 18.9 Å². The van der Waals surface area contributed by atoms with E-state index >= 15 is 0 Å². The largest absolute Gasteiger partial charge is 0.494 e. The van der Waals surface area contributed by atoms with Crippen LogP contribution in [0.1, 0.15) is 24.7 Å². The maximum Gasteiger partial charge on any atom is 0.306 e. The van der Waals surface area contributed by atoms with Gasteiger partial charge in [-0.25, -0.2) is 0 Å². The Morgan fingerprint density at radius 1 is 1.22 bits per heavy atom. The lowest BCUT2D eigenvalue weighted by atomic mass is 10.2. The van der Waals surface area contributed by atoms with Gasteiger partial charge >= 0.3 is 5.97 Å². The predicted molar refractivity (Wildman–Crippen MR) is 124 cm³/mol. The van der Waals surface area contributed by atoms with E-state index in [1.54, 1.807) is 32.2 Å². The number of carbonyl (C=O) groups is 1. The highest BCUT2D eigenvalue weighted by atomic mass is 32.2. The molecule has 1 N–H and O–H groups in total. The number of nitrogens with zero attached hydrogens (tertiary/aromatic N) is 2. The fourth-order valence-electron chi connectivity index (χ4n) is 3.44. The topological polar surface area (TPSA) is 95.0 Å². The van der Waals surface area contributed by atoms with E-state index in [0.29, 0.717) is 43.4 Å². The molecule has 0 amide bonds. The van der Waals surface area contributed by atoms with Crippen LogP contribution in [0, 0.1) is 0 Å². The summed E-state index contributed by atoms with van der Waals surface area (Å²) in [6.45, 7) is 3.24. The van der Waals surface area contributed by atoms with E-state index in [1.165, 1.54) is 0 Å². The molecule has 3 heterocycles. The van der Waals surface area contributed by atoms with Gasteiger partial charge in [0, 0.05) is 23.8 Å². The van der Waals surface area contributed by atoms with Crippen molar-refractivity contribution >= 4 is 33.7 Å². The molecule has 4 rings (SSSR count). The van der Waals surface area contributed by atoms with E-state index in [0.717, 1.165) is 27.3 Å². The highest BCUT2D eigenvalue weighted by Gasteiger charge is 2.25. The summed E-state index contributed by atoms with van der Waals surface area (Å²) >= 11 is 1.59. The molecule has 1 aliphatic heterocycles. The summed E-state index contributed by atoms with van der Waals surface area (Å²) in [7, 11) is 3.26. The number of benzene rings is 1. The summed E-state index contributed by atoms with van der Waals surface area (Å²) in [5, 5.41) is 1.90. The van der Waals surface area contributed by atoms with Crippen molar-refractivity contribution in [3.05, 3.63) is 47.9 Å². The molecule has 32 heavy (non-hydrogen) atoms. The Labute approximate surface area is 190 Å². The Bertz CT molecular complexity index is 1130. The van der Waals surface area contributed by atoms with Crippen LogP contribution in [-0.4, -0.2) is 53.6 Å². The molecule has 1 aliphatic rings. The minimum Gasteiger partial charge on any atom is -0.494 e. The highest BCUT2D eigenvalue weighted by molar-refractivity contribution is 8.15. The number of rotatable bonds is 9. The molecule has 1 atom stereocenters. The fourth-order valence-corrected chi connectivity index (χ4v) is 4.51. The zero-order chi connectivity index (χ0) is 22.5. The Morgan fingerprint density at radius 3 is 2.81 bits per heavy atom. The molecule has 0 radical (unpaired) electrons. The maximum atomic E-state index is 11.8. The molecule has 0 saturated carbocycles. The molecule has 0 bridgehead atoms. The number of H-pyrrole nitrogens is 1. The fraction of sp³-hybridized carbons (Fsp3) is 0.348. The molecular formula is C23H25N3O5S.